The van der Waals surface area contributed by atoms with Crippen LogP contribution in [-0.4, -0.2) is 24.6 Å². The van der Waals surface area contributed by atoms with Crippen LogP contribution >= 0.6 is 0 Å². The van der Waals surface area contributed by atoms with Crippen molar-refractivity contribution in [1.82, 2.24) is 0 Å². The van der Waals surface area contributed by atoms with E-state index in [-0.39, 0.29) is 11.9 Å². The summed E-state index contributed by atoms with van der Waals surface area (Å²) < 4.78 is 16.1. The molecule has 0 N–H and O–H groups in total. The highest BCUT2D eigenvalue weighted by Gasteiger charge is 2.13. The number of benzene rings is 2. The maximum Gasteiger partial charge on any atom is 0.343 e. The molecule has 0 unspecified atom stereocenters. The van der Waals surface area contributed by atoms with Gasteiger partial charge in [-0.3, -0.25) is 0 Å². The van der Waals surface area contributed by atoms with Gasteiger partial charge in [-0.15, -0.1) is 0 Å². The minimum Gasteiger partial charge on any atom is -0.493 e. The fourth-order valence-electron chi connectivity index (χ4n) is 2.08. The van der Waals surface area contributed by atoms with Crippen molar-refractivity contribution in [2.24, 2.45) is 5.92 Å². The van der Waals surface area contributed by atoms with Crippen LogP contribution in [-0.2, 0) is 4.74 Å². The van der Waals surface area contributed by atoms with E-state index in [1.165, 1.54) is 6.07 Å². The molecule has 2 aromatic carbocycles. The molecule has 0 saturated heterocycles. The topological polar surface area (TPSA) is 61.8 Å². The molecule has 138 valence electrons. The van der Waals surface area contributed by atoms with Crippen LogP contribution in [0.25, 0.3) is 0 Å². The Labute approximate surface area is 153 Å². The Morgan fingerprint density at radius 2 is 1.54 bits per heavy atom. The maximum atomic E-state index is 12.3. The molecule has 26 heavy (non-hydrogen) atoms. The van der Waals surface area contributed by atoms with Gasteiger partial charge in [-0.25, -0.2) is 9.59 Å². The van der Waals surface area contributed by atoms with Crippen molar-refractivity contribution < 1.29 is 23.8 Å². The average molecular weight is 356 g/mol. The van der Waals surface area contributed by atoms with E-state index in [0.29, 0.717) is 29.4 Å². The molecule has 2 aromatic rings. The fraction of sp³-hybridized carbons (Fsp3) is 0.333. The summed E-state index contributed by atoms with van der Waals surface area (Å²) >= 11 is 0. The number of carbonyl (C=O) groups is 2. The second-order valence-corrected chi connectivity index (χ2v) is 6.60. The van der Waals surface area contributed by atoms with Crippen LogP contribution < -0.4 is 9.47 Å². The molecule has 0 bridgehead atoms. The van der Waals surface area contributed by atoms with Crippen molar-refractivity contribution in [2.75, 3.05) is 6.61 Å². The van der Waals surface area contributed by atoms with Gasteiger partial charge in [-0.1, -0.05) is 19.9 Å². The van der Waals surface area contributed by atoms with Gasteiger partial charge in [-0.2, -0.15) is 0 Å². The van der Waals surface area contributed by atoms with Gasteiger partial charge in [0.2, 0.25) is 0 Å². The smallest absolute Gasteiger partial charge is 0.343 e. The maximum absolute atomic E-state index is 12.3. The molecule has 0 aliphatic carbocycles. The molecule has 0 heterocycles. The molecule has 5 nitrogen and oxygen atoms in total. The SMILES string of the molecule is CC(C)COc1ccc(C(=O)Oc2cccc(C(=O)OC(C)C)c2)cc1. The summed E-state index contributed by atoms with van der Waals surface area (Å²) in [5.74, 6) is 0.454. The van der Waals surface area contributed by atoms with Crippen LogP contribution in [0, 0.1) is 5.92 Å². The summed E-state index contributed by atoms with van der Waals surface area (Å²) in [7, 11) is 0. The molecule has 0 fully saturated rings. The van der Waals surface area contributed by atoms with E-state index in [2.05, 4.69) is 13.8 Å². The van der Waals surface area contributed by atoms with Crippen LogP contribution in [0.4, 0.5) is 0 Å². The van der Waals surface area contributed by atoms with Gasteiger partial charge in [0.05, 0.1) is 23.8 Å². The Bertz CT molecular complexity index is 747. The number of hydrogen-bond donors (Lipinski definition) is 0. The molecule has 0 aromatic heterocycles. The molecule has 0 aliphatic heterocycles. The molecule has 0 radical (unpaired) electrons. The highest BCUT2D eigenvalue weighted by Crippen LogP contribution is 2.18. The van der Waals surface area contributed by atoms with E-state index in [1.807, 2.05) is 0 Å². The second kappa shape index (κ2) is 9.04. The first-order valence-electron chi connectivity index (χ1n) is 8.61. The molecule has 0 saturated carbocycles. The van der Waals surface area contributed by atoms with Crippen molar-refractivity contribution in [1.29, 1.82) is 0 Å². The Kier molecular flexibility index (Phi) is 6.78. The Balaban J connectivity index is 2.02. The Hall–Kier alpha value is -2.82. The predicted octanol–water partition coefficient (Wildman–Crippen LogP) is 4.51. The summed E-state index contributed by atoms with van der Waals surface area (Å²) in [5.41, 5.74) is 0.735. The number of esters is 2. The summed E-state index contributed by atoms with van der Waals surface area (Å²) in [6, 6.07) is 13.1. The molecule has 0 atom stereocenters. The highest BCUT2D eigenvalue weighted by molar-refractivity contribution is 5.92. The fourth-order valence-corrected chi connectivity index (χ4v) is 2.08. The van der Waals surface area contributed by atoms with E-state index in [9.17, 15) is 9.59 Å². The van der Waals surface area contributed by atoms with Crippen molar-refractivity contribution in [3.05, 3.63) is 59.7 Å². The van der Waals surface area contributed by atoms with Crippen molar-refractivity contribution in [2.45, 2.75) is 33.8 Å². The van der Waals surface area contributed by atoms with Gasteiger partial charge < -0.3 is 14.2 Å². The zero-order valence-electron chi connectivity index (χ0n) is 15.5. The van der Waals surface area contributed by atoms with Crippen LogP contribution in [0.5, 0.6) is 11.5 Å². The third kappa shape index (κ3) is 5.92. The van der Waals surface area contributed by atoms with Crippen LogP contribution in [0.1, 0.15) is 48.4 Å². The minimum atomic E-state index is -0.505. The van der Waals surface area contributed by atoms with E-state index in [4.69, 9.17) is 14.2 Å². The van der Waals surface area contributed by atoms with E-state index in [1.54, 1.807) is 56.3 Å². The minimum absolute atomic E-state index is 0.217. The molecule has 0 aliphatic rings. The molecule has 0 amide bonds. The standard InChI is InChI=1S/C21H24O5/c1-14(2)13-24-18-10-8-16(9-11-18)20(22)26-19-7-5-6-17(12-19)21(23)25-15(3)4/h5-12,14-15H,13H2,1-4H3. The third-order valence-electron chi connectivity index (χ3n) is 3.30. The lowest BCUT2D eigenvalue weighted by molar-refractivity contribution is 0.0376. The van der Waals surface area contributed by atoms with Gasteiger partial charge in [0.25, 0.3) is 0 Å². The summed E-state index contributed by atoms with van der Waals surface area (Å²) in [6.07, 6.45) is -0.217. The van der Waals surface area contributed by atoms with Gasteiger partial charge >= 0.3 is 11.9 Å². The van der Waals surface area contributed by atoms with Gasteiger partial charge in [-0.05, 0) is 62.2 Å². The molecule has 0 spiro atoms. The first kappa shape index (κ1) is 19.5. The zero-order chi connectivity index (χ0) is 19.1. The van der Waals surface area contributed by atoms with Crippen molar-refractivity contribution in [3.63, 3.8) is 0 Å². The summed E-state index contributed by atoms with van der Waals surface area (Å²) in [5, 5.41) is 0. The Morgan fingerprint density at radius 3 is 2.15 bits per heavy atom. The van der Waals surface area contributed by atoms with E-state index >= 15 is 0 Å². The monoisotopic (exact) mass is 356 g/mol. The Morgan fingerprint density at radius 1 is 0.846 bits per heavy atom. The van der Waals surface area contributed by atoms with Crippen molar-refractivity contribution >= 4 is 11.9 Å². The number of ether oxygens (including phenoxy) is 3. The lowest BCUT2D eigenvalue weighted by atomic mass is 10.2. The molecular formula is C21H24O5. The molecular weight excluding hydrogens is 332 g/mol. The lowest BCUT2D eigenvalue weighted by Crippen LogP contribution is -2.12. The van der Waals surface area contributed by atoms with Crippen molar-refractivity contribution in [3.8, 4) is 11.5 Å². The van der Waals surface area contributed by atoms with Gasteiger partial charge in [0.15, 0.2) is 0 Å². The second-order valence-electron chi connectivity index (χ2n) is 6.60. The van der Waals surface area contributed by atoms with Crippen LogP contribution in [0.15, 0.2) is 48.5 Å². The number of hydrogen-bond acceptors (Lipinski definition) is 5. The largest absolute Gasteiger partial charge is 0.493 e. The molecule has 2 rings (SSSR count). The van der Waals surface area contributed by atoms with Crippen LogP contribution in [0.2, 0.25) is 0 Å². The predicted molar refractivity (Wildman–Crippen MR) is 98.7 cm³/mol. The van der Waals surface area contributed by atoms with Gasteiger partial charge in [0, 0.05) is 0 Å². The number of carbonyl (C=O) groups excluding carboxylic acids is 2. The lowest BCUT2D eigenvalue weighted by Gasteiger charge is -2.10. The quantitative estimate of drug-likeness (QED) is 0.540. The first-order chi connectivity index (χ1) is 12.3. The number of rotatable bonds is 7. The highest BCUT2D eigenvalue weighted by atomic mass is 16.5. The van der Waals surface area contributed by atoms with E-state index < -0.39 is 11.9 Å². The summed E-state index contributed by atoms with van der Waals surface area (Å²) in [6.45, 7) is 8.29. The normalized spacial score (nSPS) is 10.7. The van der Waals surface area contributed by atoms with E-state index in [0.717, 1.165) is 0 Å². The summed E-state index contributed by atoms with van der Waals surface area (Å²) in [4.78, 5) is 24.2. The molecule has 5 heteroatoms. The van der Waals surface area contributed by atoms with Gasteiger partial charge in [0.1, 0.15) is 11.5 Å². The third-order valence-corrected chi connectivity index (χ3v) is 3.30. The first-order valence-corrected chi connectivity index (χ1v) is 8.61. The zero-order valence-corrected chi connectivity index (χ0v) is 15.5. The van der Waals surface area contributed by atoms with Crippen LogP contribution in [0.3, 0.4) is 0 Å². The average Bonchev–Trinajstić information content (AvgIpc) is 2.60.